The lowest BCUT2D eigenvalue weighted by Gasteiger charge is -2.34. The number of pyridine rings is 1. The first kappa shape index (κ1) is 14.2. The summed E-state index contributed by atoms with van der Waals surface area (Å²) in [5.74, 6) is 0.572. The Kier molecular flexibility index (Phi) is 3.50. The van der Waals surface area contributed by atoms with Gasteiger partial charge in [-0.3, -0.25) is 10.2 Å². The fourth-order valence-electron chi connectivity index (χ4n) is 3.62. The highest BCUT2D eigenvalue weighted by Gasteiger charge is 2.45. The van der Waals surface area contributed by atoms with Crippen LogP contribution in [-0.2, 0) is 10.2 Å². The van der Waals surface area contributed by atoms with Crippen molar-refractivity contribution in [2.75, 3.05) is 30.0 Å². The van der Waals surface area contributed by atoms with Crippen molar-refractivity contribution in [1.29, 1.82) is 0 Å². The molecule has 5 nitrogen and oxygen atoms in total. The molecule has 1 aromatic carbocycles. The Morgan fingerprint density at radius 1 is 1.13 bits per heavy atom. The summed E-state index contributed by atoms with van der Waals surface area (Å²) in [6.45, 7) is 2.21. The van der Waals surface area contributed by atoms with Gasteiger partial charge in [0, 0.05) is 37.1 Å². The van der Waals surface area contributed by atoms with Gasteiger partial charge in [0.05, 0.1) is 0 Å². The summed E-state index contributed by atoms with van der Waals surface area (Å²) in [7, 11) is 0. The van der Waals surface area contributed by atoms with Crippen molar-refractivity contribution < 1.29 is 9.53 Å². The molecular weight excluding hydrogens is 290 g/mol. The number of amides is 2. The van der Waals surface area contributed by atoms with Crippen molar-refractivity contribution >= 4 is 17.5 Å². The molecule has 1 spiro atoms. The van der Waals surface area contributed by atoms with E-state index in [2.05, 4.69) is 22.4 Å². The van der Waals surface area contributed by atoms with Crippen molar-refractivity contribution in [3.8, 4) is 0 Å². The molecule has 3 heterocycles. The third-order valence-corrected chi connectivity index (χ3v) is 4.82. The van der Waals surface area contributed by atoms with Crippen LogP contribution in [0.3, 0.4) is 0 Å². The number of nitrogens with one attached hydrogen (secondary N) is 1. The SMILES string of the molecule is O=C(Nc1ccccn1)N1CC2(CCOCC2)c2ccccc21. The van der Waals surface area contributed by atoms with Crippen LogP contribution in [0.25, 0.3) is 0 Å². The Balaban J connectivity index is 1.64. The van der Waals surface area contributed by atoms with Crippen molar-refractivity contribution in [2.45, 2.75) is 18.3 Å². The number of rotatable bonds is 1. The van der Waals surface area contributed by atoms with E-state index in [0.717, 1.165) is 31.7 Å². The summed E-state index contributed by atoms with van der Waals surface area (Å²) in [5, 5.41) is 2.89. The average molecular weight is 309 g/mol. The largest absolute Gasteiger partial charge is 0.381 e. The third-order valence-electron chi connectivity index (χ3n) is 4.82. The van der Waals surface area contributed by atoms with E-state index in [4.69, 9.17) is 4.74 Å². The number of urea groups is 1. The smallest absolute Gasteiger partial charge is 0.327 e. The van der Waals surface area contributed by atoms with Gasteiger partial charge in [0.2, 0.25) is 0 Å². The number of para-hydroxylation sites is 1. The summed E-state index contributed by atoms with van der Waals surface area (Å²) in [5.41, 5.74) is 2.29. The summed E-state index contributed by atoms with van der Waals surface area (Å²) >= 11 is 0. The first-order chi connectivity index (χ1) is 11.3. The number of carbonyl (C=O) groups excluding carboxylic acids is 1. The fourth-order valence-corrected chi connectivity index (χ4v) is 3.62. The number of hydrogen-bond acceptors (Lipinski definition) is 3. The number of benzene rings is 1. The molecule has 0 atom stereocenters. The molecule has 5 heteroatoms. The molecule has 23 heavy (non-hydrogen) atoms. The Hall–Kier alpha value is -2.40. The van der Waals surface area contributed by atoms with Crippen LogP contribution in [0.1, 0.15) is 18.4 Å². The second-order valence-corrected chi connectivity index (χ2v) is 6.14. The number of fused-ring (bicyclic) bond motifs is 2. The monoisotopic (exact) mass is 309 g/mol. The Morgan fingerprint density at radius 2 is 1.91 bits per heavy atom. The third kappa shape index (κ3) is 2.47. The Bertz CT molecular complexity index is 711. The molecule has 1 saturated heterocycles. The second-order valence-electron chi connectivity index (χ2n) is 6.14. The first-order valence-corrected chi connectivity index (χ1v) is 7.95. The number of nitrogens with zero attached hydrogens (tertiary/aromatic N) is 2. The first-order valence-electron chi connectivity index (χ1n) is 7.95. The van der Waals surface area contributed by atoms with Gasteiger partial charge in [-0.05, 0) is 36.6 Å². The van der Waals surface area contributed by atoms with Crippen LogP contribution in [-0.4, -0.2) is 30.8 Å². The van der Waals surface area contributed by atoms with Crippen molar-refractivity contribution in [1.82, 2.24) is 4.98 Å². The minimum absolute atomic E-state index is 0.0241. The Labute approximate surface area is 135 Å². The predicted molar refractivity (Wildman–Crippen MR) is 88.8 cm³/mol. The molecule has 0 aliphatic carbocycles. The molecule has 2 amide bonds. The molecule has 1 fully saturated rings. The molecule has 2 aliphatic rings. The summed E-state index contributed by atoms with van der Waals surface area (Å²) < 4.78 is 5.53. The fraction of sp³-hybridized carbons (Fsp3) is 0.333. The molecule has 1 aromatic heterocycles. The number of hydrogen-bond donors (Lipinski definition) is 1. The van der Waals surface area contributed by atoms with E-state index in [0.29, 0.717) is 12.4 Å². The van der Waals surface area contributed by atoms with Crippen LogP contribution >= 0.6 is 0 Å². The zero-order valence-electron chi connectivity index (χ0n) is 12.9. The zero-order chi connectivity index (χ0) is 15.7. The van der Waals surface area contributed by atoms with Crippen molar-refractivity contribution in [3.63, 3.8) is 0 Å². The maximum Gasteiger partial charge on any atom is 0.327 e. The molecule has 1 N–H and O–H groups in total. The maximum atomic E-state index is 12.7. The van der Waals surface area contributed by atoms with E-state index in [1.165, 1.54) is 5.56 Å². The van der Waals surface area contributed by atoms with Crippen molar-refractivity contribution in [3.05, 3.63) is 54.2 Å². The van der Waals surface area contributed by atoms with Gasteiger partial charge in [-0.15, -0.1) is 0 Å². The molecule has 0 saturated carbocycles. The van der Waals surface area contributed by atoms with Crippen LogP contribution in [0, 0.1) is 0 Å². The highest BCUT2D eigenvalue weighted by molar-refractivity contribution is 6.03. The number of carbonyl (C=O) groups is 1. The van der Waals surface area contributed by atoms with Gasteiger partial charge < -0.3 is 4.74 Å². The lowest BCUT2D eigenvalue weighted by Crippen LogP contribution is -2.42. The standard InChI is InChI=1S/C18H19N3O2/c22-17(20-16-7-3-4-10-19-16)21-13-18(8-11-23-12-9-18)14-5-1-2-6-15(14)21/h1-7,10H,8-9,11-13H2,(H,19,20,22). The molecule has 0 bridgehead atoms. The van der Waals surface area contributed by atoms with Gasteiger partial charge in [0.1, 0.15) is 5.82 Å². The van der Waals surface area contributed by atoms with Gasteiger partial charge in [0.15, 0.2) is 0 Å². The van der Waals surface area contributed by atoms with Crippen LogP contribution in [0.15, 0.2) is 48.7 Å². The molecular formula is C18H19N3O2. The topological polar surface area (TPSA) is 54.5 Å². The number of anilines is 2. The molecule has 2 aromatic rings. The van der Waals surface area contributed by atoms with E-state index in [1.54, 1.807) is 12.3 Å². The van der Waals surface area contributed by atoms with Gasteiger partial charge in [-0.1, -0.05) is 24.3 Å². The number of aromatic nitrogens is 1. The summed E-state index contributed by atoms with van der Waals surface area (Å²) in [4.78, 5) is 18.8. The molecule has 0 unspecified atom stereocenters. The van der Waals surface area contributed by atoms with Gasteiger partial charge >= 0.3 is 6.03 Å². The van der Waals surface area contributed by atoms with E-state index >= 15 is 0 Å². The minimum Gasteiger partial charge on any atom is -0.381 e. The van der Waals surface area contributed by atoms with Crippen molar-refractivity contribution in [2.24, 2.45) is 0 Å². The van der Waals surface area contributed by atoms with Crippen LogP contribution in [0.5, 0.6) is 0 Å². The average Bonchev–Trinajstić information content (AvgIpc) is 2.91. The zero-order valence-corrected chi connectivity index (χ0v) is 12.9. The maximum absolute atomic E-state index is 12.7. The minimum atomic E-state index is -0.125. The molecule has 2 aliphatic heterocycles. The highest BCUT2D eigenvalue weighted by atomic mass is 16.5. The highest BCUT2D eigenvalue weighted by Crippen LogP contribution is 2.46. The predicted octanol–water partition coefficient (Wildman–Crippen LogP) is 3.18. The van der Waals surface area contributed by atoms with E-state index in [-0.39, 0.29) is 11.4 Å². The summed E-state index contributed by atoms with van der Waals surface area (Å²) in [6.07, 6.45) is 3.59. The molecule has 0 radical (unpaired) electrons. The quantitative estimate of drug-likeness (QED) is 0.880. The summed E-state index contributed by atoms with van der Waals surface area (Å²) in [6, 6.07) is 13.6. The van der Waals surface area contributed by atoms with E-state index in [1.807, 2.05) is 29.2 Å². The van der Waals surface area contributed by atoms with Crippen LogP contribution in [0.4, 0.5) is 16.3 Å². The Morgan fingerprint density at radius 3 is 2.70 bits per heavy atom. The van der Waals surface area contributed by atoms with E-state index < -0.39 is 0 Å². The van der Waals surface area contributed by atoms with Gasteiger partial charge in [0.25, 0.3) is 0 Å². The normalized spacial score (nSPS) is 18.7. The molecule has 118 valence electrons. The van der Waals surface area contributed by atoms with Crippen LogP contribution < -0.4 is 10.2 Å². The lowest BCUT2D eigenvalue weighted by molar-refractivity contribution is 0.0557. The van der Waals surface area contributed by atoms with Gasteiger partial charge in [-0.25, -0.2) is 9.78 Å². The number of ether oxygens (including phenoxy) is 1. The van der Waals surface area contributed by atoms with E-state index in [9.17, 15) is 4.79 Å². The second kappa shape index (κ2) is 5.66. The molecule has 4 rings (SSSR count). The van der Waals surface area contributed by atoms with Gasteiger partial charge in [-0.2, -0.15) is 0 Å². The lowest BCUT2D eigenvalue weighted by atomic mass is 9.76. The van der Waals surface area contributed by atoms with Crippen LogP contribution in [0.2, 0.25) is 0 Å².